The maximum Gasteiger partial charge on any atom is 0.188 e. The molecule has 0 aromatic carbocycles. The van der Waals surface area contributed by atoms with Crippen molar-refractivity contribution in [3.8, 4) is 0 Å². The Hall–Kier alpha value is -1.78. The summed E-state index contributed by atoms with van der Waals surface area (Å²) in [6, 6.07) is 3.77. The molecule has 1 saturated heterocycles. The van der Waals surface area contributed by atoms with E-state index in [1.165, 1.54) is 19.3 Å². The van der Waals surface area contributed by atoms with Crippen molar-refractivity contribution in [1.82, 2.24) is 4.98 Å². The van der Waals surface area contributed by atoms with E-state index in [4.69, 9.17) is 10.9 Å². The van der Waals surface area contributed by atoms with Gasteiger partial charge < -0.3 is 15.8 Å². The number of amidine groups is 1. The molecule has 5 heteroatoms. The average Bonchev–Trinajstić information content (AvgIpc) is 2.87. The van der Waals surface area contributed by atoms with Gasteiger partial charge in [0.1, 0.15) is 5.69 Å². The Kier molecular flexibility index (Phi) is 4.02. The van der Waals surface area contributed by atoms with Crippen LogP contribution in [0.5, 0.6) is 0 Å². The molecule has 0 spiro atoms. The first kappa shape index (κ1) is 12.7. The van der Waals surface area contributed by atoms with Crippen LogP contribution in [0.4, 0.5) is 5.69 Å². The number of anilines is 1. The molecule has 1 aliphatic rings. The van der Waals surface area contributed by atoms with Gasteiger partial charge in [0.2, 0.25) is 0 Å². The molecule has 1 aromatic heterocycles. The van der Waals surface area contributed by atoms with E-state index in [-0.39, 0.29) is 5.84 Å². The molecule has 2 heterocycles. The fraction of sp³-hybridized carbons (Fsp3) is 0.538. The minimum absolute atomic E-state index is 0.0480. The van der Waals surface area contributed by atoms with Crippen LogP contribution in [0.2, 0.25) is 0 Å². The van der Waals surface area contributed by atoms with E-state index in [0.29, 0.717) is 5.69 Å². The highest BCUT2D eigenvalue weighted by atomic mass is 16.4. The van der Waals surface area contributed by atoms with Gasteiger partial charge in [-0.3, -0.25) is 4.98 Å². The van der Waals surface area contributed by atoms with Gasteiger partial charge >= 0.3 is 0 Å². The molecular weight excluding hydrogens is 228 g/mol. The van der Waals surface area contributed by atoms with Crippen molar-refractivity contribution < 1.29 is 5.21 Å². The minimum atomic E-state index is 0.0480. The lowest BCUT2D eigenvalue weighted by molar-refractivity contribution is 0.318. The van der Waals surface area contributed by atoms with E-state index in [0.717, 1.165) is 24.7 Å². The van der Waals surface area contributed by atoms with Gasteiger partial charge in [0.25, 0.3) is 0 Å². The summed E-state index contributed by atoms with van der Waals surface area (Å²) < 4.78 is 0. The Balaban J connectivity index is 2.02. The van der Waals surface area contributed by atoms with E-state index in [1.807, 2.05) is 6.07 Å². The number of hydrogen-bond donors (Lipinski definition) is 2. The monoisotopic (exact) mass is 248 g/mol. The lowest BCUT2D eigenvalue weighted by Crippen LogP contribution is -2.20. The van der Waals surface area contributed by atoms with Gasteiger partial charge in [0.05, 0.1) is 11.9 Å². The quantitative estimate of drug-likeness (QED) is 0.369. The number of rotatable bonds is 4. The highest BCUT2D eigenvalue weighted by molar-refractivity contribution is 5.95. The van der Waals surface area contributed by atoms with Gasteiger partial charge in [-0.2, -0.15) is 0 Å². The largest absolute Gasteiger partial charge is 0.409 e. The number of aromatic nitrogens is 1. The number of nitrogens with zero attached hydrogens (tertiary/aromatic N) is 3. The lowest BCUT2D eigenvalue weighted by atomic mass is 10.0. The highest BCUT2D eigenvalue weighted by Gasteiger charge is 2.22. The van der Waals surface area contributed by atoms with Crippen LogP contribution >= 0.6 is 0 Å². The maximum absolute atomic E-state index is 8.58. The van der Waals surface area contributed by atoms with Gasteiger partial charge in [-0.15, -0.1) is 0 Å². The number of pyridine rings is 1. The summed E-state index contributed by atoms with van der Waals surface area (Å²) in [7, 11) is 0. The van der Waals surface area contributed by atoms with Crippen molar-refractivity contribution in [3.05, 3.63) is 24.0 Å². The molecule has 1 aromatic rings. The first-order chi connectivity index (χ1) is 8.74. The van der Waals surface area contributed by atoms with Crippen molar-refractivity contribution >= 4 is 11.5 Å². The van der Waals surface area contributed by atoms with Crippen LogP contribution in [0.15, 0.2) is 23.5 Å². The second-order valence-electron chi connectivity index (χ2n) is 4.78. The SMILES string of the molecule is CCCC1CCN(c2ccc(/C(N)=N/O)nc2)C1. The van der Waals surface area contributed by atoms with Crippen LogP contribution in [0, 0.1) is 5.92 Å². The third-order valence-electron chi connectivity index (χ3n) is 3.47. The second kappa shape index (κ2) is 5.71. The number of hydrogen-bond acceptors (Lipinski definition) is 4. The Bertz CT molecular complexity index is 416. The molecule has 3 N–H and O–H groups in total. The normalized spacial score (nSPS) is 20.4. The molecule has 0 bridgehead atoms. The fourth-order valence-electron chi connectivity index (χ4n) is 2.49. The van der Waals surface area contributed by atoms with E-state index in [1.54, 1.807) is 12.3 Å². The van der Waals surface area contributed by atoms with Crippen LogP contribution in [0.3, 0.4) is 0 Å². The average molecular weight is 248 g/mol. The molecule has 2 rings (SSSR count). The Labute approximate surface area is 107 Å². The molecule has 0 radical (unpaired) electrons. The smallest absolute Gasteiger partial charge is 0.188 e. The van der Waals surface area contributed by atoms with Gasteiger partial charge in [-0.05, 0) is 30.9 Å². The molecule has 0 saturated carbocycles. The predicted molar refractivity (Wildman–Crippen MR) is 72.0 cm³/mol. The van der Waals surface area contributed by atoms with E-state index in [9.17, 15) is 0 Å². The van der Waals surface area contributed by atoms with Gasteiger partial charge in [0.15, 0.2) is 5.84 Å². The van der Waals surface area contributed by atoms with E-state index < -0.39 is 0 Å². The first-order valence-corrected chi connectivity index (χ1v) is 6.43. The summed E-state index contributed by atoms with van der Waals surface area (Å²) in [6.07, 6.45) is 5.60. The summed E-state index contributed by atoms with van der Waals surface area (Å²) in [6.45, 7) is 4.43. The molecule has 5 nitrogen and oxygen atoms in total. The standard InChI is InChI=1S/C13H20N4O/c1-2-3-10-6-7-17(9-10)11-4-5-12(15-8-11)13(14)16-18/h4-5,8,10,18H,2-3,6-7,9H2,1H3,(H2,14,16). The van der Waals surface area contributed by atoms with E-state index >= 15 is 0 Å². The van der Waals surface area contributed by atoms with Crippen LogP contribution in [-0.4, -0.2) is 29.1 Å². The zero-order chi connectivity index (χ0) is 13.0. The summed E-state index contributed by atoms with van der Waals surface area (Å²) in [5.41, 5.74) is 7.10. The minimum Gasteiger partial charge on any atom is -0.409 e. The van der Waals surface area contributed by atoms with Gasteiger partial charge in [-0.25, -0.2) is 0 Å². The molecule has 1 atom stereocenters. The van der Waals surface area contributed by atoms with Crippen LogP contribution in [0.1, 0.15) is 31.9 Å². The topological polar surface area (TPSA) is 74.7 Å². The van der Waals surface area contributed by atoms with Crippen molar-refractivity contribution in [2.75, 3.05) is 18.0 Å². The summed E-state index contributed by atoms with van der Waals surface area (Å²) in [5.74, 6) is 0.852. The summed E-state index contributed by atoms with van der Waals surface area (Å²) in [5, 5.41) is 11.5. The zero-order valence-electron chi connectivity index (χ0n) is 10.7. The fourth-order valence-corrected chi connectivity index (χ4v) is 2.49. The van der Waals surface area contributed by atoms with Crippen molar-refractivity contribution in [2.45, 2.75) is 26.2 Å². The van der Waals surface area contributed by atoms with Crippen LogP contribution in [0.25, 0.3) is 0 Å². The van der Waals surface area contributed by atoms with Gasteiger partial charge in [-0.1, -0.05) is 18.5 Å². The van der Waals surface area contributed by atoms with Crippen molar-refractivity contribution in [3.63, 3.8) is 0 Å². The number of nitrogens with two attached hydrogens (primary N) is 1. The lowest BCUT2D eigenvalue weighted by Gasteiger charge is -2.18. The van der Waals surface area contributed by atoms with Crippen LogP contribution < -0.4 is 10.6 Å². The molecule has 0 amide bonds. The highest BCUT2D eigenvalue weighted by Crippen LogP contribution is 2.25. The number of oxime groups is 1. The molecule has 1 unspecified atom stereocenters. The first-order valence-electron chi connectivity index (χ1n) is 6.43. The second-order valence-corrected chi connectivity index (χ2v) is 4.78. The molecule has 18 heavy (non-hydrogen) atoms. The zero-order valence-corrected chi connectivity index (χ0v) is 10.7. The van der Waals surface area contributed by atoms with Crippen molar-refractivity contribution in [1.29, 1.82) is 0 Å². The maximum atomic E-state index is 8.58. The molecule has 0 aliphatic carbocycles. The third kappa shape index (κ3) is 2.72. The predicted octanol–water partition coefficient (Wildman–Crippen LogP) is 1.80. The van der Waals surface area contributed by atoms with Gasteiger partial charge in [0, 0.05) is 13.1 Å². The summed E-state index contributed by atoms with van der Waals surface area (Å²) >= 11 is 0. The third-order valence-corrected chi connectivity index (χ3v) is 3.47. The molecule has 1 fully saturated rings. The van der Waals surface area contributed by atoms with E-state index in [2.05, 4.69) is 22.0 Å². The van der Waals surface area contributed by atoms with Crippen molar-refractivity contribution in [2.24, 2.45) is 16.8 Å². The Morgan fingerprint density at radius 1 is 1.61 bits per heavy atom. The van der Waals surface area contributed by atoms with Crippen LogP contribution in [-0.2, 0) is 0 Å². The molecule has 98 valence electrons. The Morgan fingerprint density at radius 3 is 3.06 bits per heavy atom. The summed E-state index contributed by atoms with van der Waals surface area (Å²) in [4.78, 5) is 6.56. The Morgan fingerprint density at radius 2 is 2.44 bits per heavy atom. The molecular formula is C13H20N4O. The molecule has 1 aliphatic heterocycles.